The average molecular weight is 401 g/mol. The lowest BCUT2D eigenvalue weighted by Crippen LogP contribution is -3.00. The number of allylic oxidation sites excluding steroid dienone is 2. The van der Waals surface area contributed by atoms with Crippen molar-refractivity contribution in [1.82, 2.24) is 0 Å². The lowest BCUT2D eigenvalue weighted by molar-refractivity contribution is -0.941. The maximum absolute atomic E-state index is 12.2. The first-order valence-electron chi connectivity index (χ1n) is 10.4. The van der Waals surface area contributed by atoms with Gasteiger partial charge in [-0.25, -0.2) is 0 Å². The monoisotopic (exact) mass is 400 g/mol. The molecule has 5 heteroatoms. The summed E-state index contributed by atoms with van der Waals surface area (Å²) in [6.07, 6.45) is 7.91. The Morgan fingerprint density at radius 3 is 2.93 bits per heavy atom. The lowest BCUT2D eigenvalue weighted by Gasteiger charge is -2.53. The molecule has 0 amide bonds. The molecule has 2 saturated heterocycles. The summed E-state index contributed by atoms with van der Waals surface area (Å²) in [5, 5.41) is 14.0. The highest BCUT2D eigenvalue weighted by Gasteiger charge is 2.68. The quantitative estimate of drug-likeness (QED) is 0.341. The number of benzene rings is 1. The van der Waals surface area contributed by atoms with E-state index >= 15 is 0 Å². The summed E-state index contributed by atoms with van der Waals surface area (Å²) in [4.78, 5) is 12.2. The van der Waals surface area contributed by atoms with Crippen LogP contribution in [0.5, 0.6) is 5.75 Å². The molecule has 0 aromatic heterocycles. The second-order valence-electron chi connectivity index (χ2n) is 8.84. The van der Waals surface area contributed by atoms with Gasteiger partial charge < -0.3 is 27.3 Å². The number of carbonyl (C=O) groups is 1. The first-order chi connectivity index (χ1) is 13.1. The molecule has 2 bridgehead atoms. The number of phenolic OH excluding ortho intramolecular Hbond substituents is 1. The smallest absolute Gasteiger partial charge is 0.148 e. The van der Waals surface area contributed by atoms with E-state index in [0.29, 0.717) is 11.8 Å². The van der Waals surface area contributed by atoms with Gasteiger partial charge in [-0.1, -0.05) is 31.6 Å². The predicted octanol–water partition coefficient (Wildman–Crippen LogP) is 0.882. The number of hydrogen-bond donors (Lipinski definition) is 2. The molecule has 28 heavy (non-hydrogen) atoms. The third-order valence-corrected chi connectivity index (χ3v) is 7.92. The van der Waals surface area contributed by atoms with Crippen LogP contribution in [0.25, 0.3) is 0 Å². The lowest BCUT2D eigenvalue weighted by atomic mass is 9.61. The summed E-state index contributed by atoms with van der Waals surface area (Å²) in [6.45, 7) is 7.84. The molecule has 5 rings (SSSR count). The molecule has 3 heterocycles. The minimum absolute atomic E-state index is 0. The van der Waals surface area contributed by atoms with E-state index in [-0.39, 0.29) is 23.7 Å². The Morgan fingerprint density at radius 1 is 1.39 bits per heavy atom. The van der Waals surface area contributed by atoms with Crippen LogP contribution in [0.1, 0.15) is 45.1 Å². The number of aldehydes is 1. The molecular formula is C23H29ClN2O2. The Balaban J connectivity index is 0.00000192. The topological polar surface area (TPSA) is 49.3 Å². The zero-order valence-electron chi connectivity index (χ0n) is 16.7. The molecule has 3 aliphatic heterocycles. The van der Waals surface area contributed by atoms with Crippen molar-refractivity contribution in [1.29, 1.82) is 0 Å². The summed E-state index contributed by atoms with van der Waals surface area (Å²) in [5.74, 6) is 0.531. The number of nitrogens with one attached hydrogen (secondary N) is 1. The average Bonchev–Trinajstić information content (AvgIpc) is 3.21. The highest BCUT2D eigenvalue weighted by Crippen LogP contribution is 2.64. The van der Waals surface area contributed by atoms with E-state index in [0.717, 1.165) is 53.7 Å². The second kappa shape index (κ2) is 6.64. The fraction of sp³-hybridized carbons (Fsp3) is 0.522. The van der Waals surface area contributed by atoms with Gasteiger partial charge in [0.25, 0.3) is 0 Å². The second-order valence-corrected chi connectivity index (χ2v) is 8.84. The number of fused-ring (bicyclic) bond motifs is 2. The van der Waals surface area contributed by atoms with Gasteiger partial charge >= 0.3 is 0 Å². The van der Waals surface area contributed by atoms with Crippen LogP contribution in [-0.2, 0) is 10.2 Å². The Hall–Kier alpha value is -1.78. The number of hydrogen-bond acceptors (Lipinski definition) is 3. The number of carbonyl (C=O) groups excluding carboxylic acids is 1. The van der Waals surface area contributed by atoms with Crippen molar-refractivity contribution in [3.8, 4) is 5.75 Å². The van der Waals surface area contributed by atoms with E-state index in [1.807, 2.05) is 6.07 Å². The third-order valence-electron chi connectivity index (χ3n) is 7.92. The Labute approximate surface area is 173 Å². The minimum atomic E-state index is -0.131. The van der Waals surface area contributed by atoms with Crippen molar-refractivity contribution >= 4 is 12.0 Å². The Morgan fingerprint density at radius 2 is 2.21 bits per heavy atom. The Kier molecular flexibility index (Phi) is 4.63. The first kappa shape index (κ1) is 19.5. The first-order valence-corrected chi connectivity index (χ1v) is 10.4. The van der Waals surface area contributed by atoms with Gasteiger partial charge in [0, 0.05) is 30.0 Å². The van der Waals surface area contributed by atoms with Gasteiger partial charge in [-0.15, -0.1) is 0 Å². The van der Waals surface area contributed by atoms with Crippen LogP contribution >= 0.6 is 0 Å². The largest absolute Gasteiger partial charge is 1.00 e. The molecule has 4 nitrogen and oxygen atoms in total. The van der Waals surface area contributed by atoms with E-state index in [9.17, 15) is 9.90 Å². The summed E-state index contributed by atoms with van der Waals surface area (Å²) in [5.41, 5.74) is 5.34. The number of para-hydroxylation sites is 1. The molecule has 1 spiro atoms. The number of quaternary nitrogens is 1. The van der Waals surface area contributed by atoms with E-state index < -0.39 is 0 Å². The van der Waals surface area contributed by atoms with E-state index in [1.54, 1.807) is 6.07 Å². The van der Waals surface area contributed by atoms with Crippen molar-refractivity contribution in [3.05, 3.63) is 46.7 Å². The predicted molar refractivity (Wildman–Crippen MR) is 107 cm³/mol. The molecule has 2 fully saturated rings. The van der Waals surface area contributed by atoms with Crippen molar-refractivity contribution < 1.29 is 26.8 Å². The van der Waals surface area contributed by atoms with Crippen LogP contribution < -0.4 is 17.7 Å². The molecule has 2 N–H and O–H groups in total. The number of phenols is 1. The van der Waals surface area contributed by atoms with Crippen molar-refractivity contribution in [2.75, 3.05) is 25.0 Å². The fourth-order valence-electron chi connectivity index (χ4n) is 6.76. The third kappa shape index (κ3) is 2.19. The van der Waals surface area contributed by atoms with E-state index in [1.165, 1.54) is 30.5 Å². The van der Waals surface area contributed by atoms with Crippen LogP contribution in [-0.4, -0.2) is 41.6 Å². The summed E-state index contributed by atoms with van der Waals surface area (Å²) in [7, 11) is 0. The number of rotatable bonds is 4. The van der Waals surface area contributed by atoms with Crippen LogP contribution in [0.2, 0.25) is 0 Å². The maximum Gasteiger partial charge on any atom is 0.148 e. The Bertz CT molecular complexity index is 893. The van der Waals surface area contributed by atoms with Crippen LogP contribution in [0.3, 0.4) is 0 Å². The maximum atomic E-state index is 12.2. The van der Waals surface area contributed by atoms with Crippen molar-refractivity contribution in [2.45, 2.75) is 51.0 Å². The minimum Gasteiger partial charge on any atom is -1.00 e. The number of piperidine rings is 1. The van der Waals surface area contributed by atoms with Gasteiger partial charge in [-0.2, -0.15) is 0 Å². The molecular weight excluding hydrogens is 372 g/mol. The number of unbranched alkanes of at least 4 members (excludes halogenated alkanes) is 1. The highest BCUT2D eigenvalue weighted by molar-refractivity contribution is 5.85. The van der Waals surface area contributed by atoms with Crippen LogP contribution in [0, 0.1) is 5.92 Å². The molecule has 1 aromatic rings. The molecule has 150 valence electrons. The van der Waals surface area contributed by atoms with Gasteiger partial charge in [-0.3, -0.25) is 4.79 Å². The molecule has 1 aliphatic carbocycles. The summed E-state index contributed by atoms with van der Waals surface area (Å²) < 4.78 is 1.15. The molecule has 4 unspecified atom stereocenters. The van der Waals surface area contributed by atoms with Gasteiger partial charge in [0.05, 0.1) is 24.2 Å². The zero-order chi connectivity index (χ0) is 18.8. The van der Waals surface area contributed by atoms with E-state index in [4.69, 9.17) is 0 Å². The summed E-state index contributed by atoms with van der Waals surface area (Å²) in [6, 6.07) is 6.37. The van der Waals surface area contributed by atoms with E-state index in [2.05, 4.69) is 31.3 Å². The van der Waals surface area contributed by atoms with Crippen molar-refractivity contribution in [3.63, 3.8) is 0 Å². The number of halogens is 1. The van der Waals surface area contributed by atoms with Gasteiger partial charge in [0.1, 0.15) is 24.6 Å². The van der Waals surface area contributed by atoms with Crippen LogP contribution in [0.15, 0.2) is 41.1 Å². The molecule has 4 aliphatic rings. The van der Waals surface area contributed by atoms with Gasteiger partial charge in [0.2, 0.25) is 0 Å². The summed E-state index contributed by atoms with van der Waals surface area (Å²) >= 11 is 0. The number of nitrogens with zero attached hydrogens (tertiary/aromatic N) is 1. The molecule has 0 radical (unpaired) electrons. The molecule has 4 atom stereocenters. The van der Waals surface area contributed by atoms with Crippen molar-refractivity contribution in [2.24, 2.45) is 5.92 Å². The molecule has 0 saturated carbocycles. The number of anilines is 1. The van der Waals surface area contributed by atoms with Gasteiger partial charge in [0.15, 0.2) is 0 Å². The van der Waals surface area contributed by atoms with Crippen LogP contribution in [0.4, 0.5) is 5.69 Å². The SMILES string of the molecule is CC=C1C[N+]2(CCCC)CCC34C(=C(C=O)C1CC32)Nc1c(O)cccc14.[Cl-]. The zero-order valence-corrected chi connectivity index (χ0v) is 17.4. The fourth-order valence-corrected chi connectivity index (χ4v) is 6.76. The standard InChI is InChI=1S/C23H28N2O2.ClH/c1-3-5-10-25-11-9-23-18-7-6-8-19(27)21(18)24-22(23)17(14-26)16(12-20(23)25)15(4-2)13-25;/h4,6-8,14,16,20H,3,5,9-13H2,1-2H3,(H-,24,26,27);1H. The van der Waals surface area contributed by atoms with Gasteiger partial charge in [-0.05, 0) is 30.5 Å². The molecule has 1 aromatic carbocycles. The number of aromatic hydroxyl groups is 1. The normalized spacial score (nSPS) is 35.9. The highest BCUT2D eigenvalue weighted by atomic mass is 35.5.